The van der Waals surface area contributed by atoms with Crippen LogP contribution in [0, 0.1) is 0 Å². The molecule has 132 valence electrons. The van der Waals surface area contributed by atoms with Gasteiger partial charge in [0, 0.05) is 62.9 Å². The summed E-state index contributed by atoms with van der Waals surface area (Å²) in [6.07, 6.45) is 10.5. The van der Waals surface area contributed by atoms with Crippen LogP contribution in [0.4, 0.5) is 11.8 Å². The van der Waals surface area contributed by atoms with Crippen molar-refractivity contribution in [2.75, 3.05) is 36.0 Å². The second-order valence-electron chi connectivity index (χ2n) is 6.79. The van der Waals surface area contributed by atoms with Crippen molar-refractivity contribution in [3.63, 3.8) is 0 Å². The van der Waals surface area contributed by atoms with Crippen molar-refractivity contribution in [2.24, 2.45) is 0 Å². The zero-order valence-electron chi connectivity index (χ0n) is 14.5. The van der Waals surface area contributed by atoms with Crippen molar-refractivity contribution in [3.8, 4) is 0 Å². The van der Waals surface area contributed by atoms with Gasteiger partial charge in [-0.05, 0) is 37.8 Å². The van der Waals surface area contributed by atoms with Crippen molar-refractivity contribution in [3.05, 3.63) is 36.3 Å². The molecule has 1 atom stereocenters. The maximum Gasteiger partial charge on any atom is 0.225 e. The van der Waals surface area contributed by atoms with E-state index >= 15 is 0 Å². The van der Waals surface area contributed by atoms with Crippen molar-refractivity contribution in [1.82, 2.24) is 25.5 Å². The predicted octanol–water partition coefficient (Wildman–Crippen LogP) is 1.63. The number of hydrogen-bond donors (Lipinski definition) is 1. The largest absolute Gasteiger partial charge is 0.351 e. The molecular formula is C18H25N7. The maximum absolute atomic E-state index is 4.52. The van der Waals surface area contributed by atoms with Crippen molar-refractivity contribution in [1.29, 1.82) is 0 Å². The van der Waals surface area contributed by atoms with Crippen molar-refractivity contribution < 1.29 is 0 Å². The molecule has 7 nitrogen and oxygen atoms in total. The van der Waals surface area contributed by atoms with E-state index in [1.807, 2.05) is 24.5 Å². The predicted molar refractivity (Wildman–Crippen MR) is 97.6 cm³/mol. The van der Waals surface area contributed by atoms with E-state index in [2.05, 4.69) is 35.3 Å². The number of nitrogens with zero attached hydrogens (tertiary/aromatic N) is 6. The Kier molecular flexibility index (Phi) is 5.01. The van der Waals surface area contributed by atoms with Gasteiger partial charge in [-0.15, -0.1) is 5.10 Å². The standard InChI is InChI=1S/C18H25N7/c1-2-9-24(8-1)18-20-12-15(13-21-18)11-19-14-16-5-4-10-25(16)17-6-3-7-22-23-17/h3,6-7,12-13,16,19H,1-2,4-5,8-11,14H2/t16-/m1/s1. The fourth-order valence-electron chi connectivity index (χ4n) is 3.70. The Morgan fingerprint density at radius 2 is 1.92 bits per heavy atom. The highest BCUT2D eigenvalue weighted by molar-refractivity contribution is 5.39. The summed E-state index contributed by atoms with van der Waals surface area (Å²) >= 11 is 0. The minimum Gasteiger partial charge on any atom is -0.351 e. The summed E-state index contributed by atoms with van der Waals surface area (Å²) in [5, 5.41) is 11.8. The molecule has 0 bridgehead atoms. The topological polar surface area (TPSA) is 70.1 Å². The summed E-state index contributed by atoms with van der Waals surface area (Å²) < 4.78 is 0. The summed E-state index contributed by atoms with van der Waals surface area (Å²) in [5.74, 6) is 1.84. The quantitative estimate of drug-likeness (QED) is 0.857. The Bertz CT molecular complexity index is 655. The van der Waals surface area contributed by atoms with E-state index in [1.165, 1.54) is 25.7 Å². The number of nitrogens with one attached hydrogen (secondary N) is 1. The van der Waals surface area contributed by atoms with Crippen LogP contribution in [0.2, 0.25) is 0 Å². The van der Waals surface area contributed by atoms with Gasteiger partial charge >= 0.3 is 0 Å². The lowest BCUT2D eigenvalue weighted by Gasteiger charge is -2.25. The smallest absolute Gasteiger partial charge is 0.225 e. The molecule has 4 rings (SSSR count). The Morgan fingerprint density at radius 1 is 1.08 bits per heavy atom. The Morgan fingerprint density at radius 3 is 2.68 bits per heavy atom. The molecule has 2 aromatic heterocycles. The molecule has 0 radical (unpaired) electrons. The van der Waals surface area contributed by atoms with E-state index in [-0.39, 0.29) is 0 Å². The van der Waals surface area contributed by atoms with Gasteiger partial charge in [0.25, 0.3) is 0 Å². The van der Waals surface area contributed by atoms with Crippen LogP contribution in [0.5, 0.6) is 0 Å². The molecule has 0 saturated carbocycles. The molecule has 0 spiro atoms. The number of aromatic nitrogens is 4. The fraction of sp³-hybridized carbons (Fsp3) is 0.556. The summed E-state index contributed by atoms with van der Waals surface area (Å²) in [6.45, 7) is 4.95. The maximum atomic E-state index is 4.52. The molecule has 0 amide bonds. The molecule has 2 aliphatic rings. The van der Waals surface area contributed by atoms with E-state index in [0.29, 0.717) is 6.04 Å². The van der Waals surface area contributed by atoms with Gasteiger partial charge in [0.2, 0.25) is 5.95 Å². The molecule has 1 N–H and O–H groups in total. The molecular weight excluding hydrogens is 314 g/mol. The van der Waals surface area contributed by atoms with E-state index in [0.717, 1.165) is 50.1 Å². The molecule has 0 aromatic carbocycles. The van der Waals surface area contributed by atoms with Gasteiger partial charge in [0.1, 0.15) is 0 Å². The third-order valence-electron chi connectivity index (χ3n) is 5.02. The molecule has 4 heterocycles. The van der Waals surface area contributed by atoms with Crippen LogP contribution in [-0.2, 0) is 6.54 Å². The van der Waals surface area contributed by atoms with E-state index in [4.69, 9.17) is 0 Å². The average molecular weight is 339 g/mol. The second kappa shape index (κ2) is 7.74. The first kappa shape index (κ1) is 16.2. The van der Waals surface area contributed by atoms with Gasteiger partial charge in [0.05, 0.1) is 0 Å². The zero-order chi connectivity index (χ0) is 16.9. The molecule has 7 heteroatoms. The highest BCUT2D eigenvalue weighted by atomic mass is 15.3. The summed E-state index contributed by atoms with van der Waals surface area (Å²) in [5.41, 5.74) is 1.13. The Labute approximate surface area is 148 Å². The lowest BCUT2D eigenvalue weighted by atomic mass is 10.2. The van der Waals surface area contributed by atoms with Gasteiger partial charge in [-0.3, -0.25) is 0 Å². The van der Waals surface area contributed by atoms with E-state index in [1.54, 1.807) is 6.20 Å². The fourth-order valence-corrected chi connectivity index (χ4v) is 3.70. The van der Waals surface area contributed by atoms with Gasteiger partial charge in [0.15, 0.2) is 5.82 Å². The zero-order valence-corrected chi connectivity index (χ0v) is 14.5. The van der Waals surface area contributed by atoms with Crippen LogP contribution < -0.4 is 15.1 Å². The molecule has 2 fully saturated rings. The molecule has 2 saturated heterocycles. The Hall–Kier alpha value is -2.28. The monoisotopic (exact) mass is 339 g/mol. The molecule has 25 heavy (non-hydrogen) atoms. The van der Waals surface area contributed by atoms with Gasteiger partial charge in [-0.2, -0.15) is 5.10 Å². The highest BCUT2D eigenvalue weighted by Crippen LogP contribution is 2.22. The summed E-state index contributed by atoms with van der Waals surface area (Å²) in [4.78, 5) is 13.7. The van der Waals surface area contributed by atoms with Crippen molar-refractivity contribution >= 4 is 11.8 Å². The molecule has 0 aliphatic carbocycles. The third-order valence-corrected chi connectivity index (χ3v) is 5.02. The minimum absolute atomic E-state index is 0.474. The first-order valence-electron chi connectivity index (χ1n) is 9.21. The molecule has 2 aliphatic heterocycles. The van der Waals surface area contributed by atoms with E-state index in [9.17, 15) is 0 Å². The lowest BCUT2D eigenvalue weighted by molar-refractivity contribution is 0.568. The van der Waals surface area contributed by atoms with Crippen LogP contribution in [0.25, 0.3) is 0 Å². The summed E-state index contributed by atoms with van der Waals surface area (Å²) in [7, 11) is 0. The van der Waals surface area contributed by atoms with Crippen LogP contribution in [-0.4, -0.2) is 52.4 Å². The van der Waals surface area contributed by atoms with Crippen molar-refractivity contribution in [2.45, 2.75) is 38.3 Å². The first-order valence-corrected chi connectivity index (χ1v) is 9.21. The average Bonchev–Trinajstić information content (AvgIpc) is 3.35. The number of hydrogen-bond acceptors (Lipinski definition) is 7. The van der Waals surface area contributed by atoms with Gasteiger partial charge in [-0.1, -0.05) is 0 Å². The minimum atomic E-state index is 0.474. The molecule has 0 unspecified atom stereocenters. The number of anilines is 2. The third kappa shape index (κ3) is 3.87. The SMILES string of the molecule is c1cnnc(N2CCC[C@@H]2CNCc2cnc(N3CCCC3)nc2)c1. The second-order valence-corrected chi connectivity index (χ2v) is 6.79. The number of rotatable bonds is 6. The normalized spacial score (nSPS) is 20.4. The van der Waals surface area contributed by atoms with Crippen LogP contribution in [0.1, 0.15) is 31.2 Å². The van der Waals surface area contributed by atoms with Gasteiger partial charge < -0.3 is 15.1 Å². The van der Waals surface area contributed by atoms with Crippen LogP contribution in [0.15, 0.2) is 30.7 Å². The summed E-state index contributed by atoms with van der Waals surface area (Å²) in [6, 6.07) is 4.46. The highest BCUT2D eigenvalue weighted by Gasteiger charge is 2.25. The van der Waals surface area contributed by atoms with Crippen LogP contribution in [0.3, 0.4) is 0 Å². The first-order chi connectivity index (χ1) is 12.4. The van der Waals surface area contributed by atoms with Crippen LogP contribution >= 0.6 is 0 Å². The van der Waals surface area contributed by atoms with Gasteiger partial charge in [-0.25, -0.2) is 9.97 Å². The van der Waals surface area contributed by atoms with E-state index < -0.39 is 0 Å². The Balaban J connectivity index is 1.28. The molecule has 2 aromatic rings. The lowest BCUT2D eigenvalue weighted by Crippen LogP contribution is -2.38.